The number of hydrogen-bond acceptors (Lipinski definition) is 3. The van der Waals surface area contributed by atoms with Gasteiger partial charge in [-0.15, -0.1) is 11.5 Å². The smallest absolute Gasteiger partial charge is 0.129 e. The van der Waals surface area contributed by atoms with Gasteiger partial charge in [0.25, 0.3) is 0 Å². The van der Waals surface area contributed by atoms with E-state index in [1.807, 2.05) is 0 Å². The summed E-state index contributed by atoms with van der Waals surface area (Å²) in [6, 6.07) is 2.77. The maximum Gasteiger partial charge on any atom is 0.129 e. The van der Waals surface area contributed by atoms with E-state index in [4.69, 9.17) is 0 Å². The molecule has 4 unspecified atom stereocenters. The van der Waals surface area contributed by atoms with Gasteiger partial charge in [-0.3, -0.25) is 0 Å². The molecule has 4 atom stereocenters. The summed E-state index contributed by atoms with van der Waals surface area (Å²) in [5, 5.41) is 11.9. The van der Waals surface area contributed by atoms with E-state index >= 15 is 0 Å². The highest BCUT2D eigenvalue weighted by Crippen LogP contribution is 2.40. The molecule has 3 N–H and O–H groups in total. The third-order valence-electron chi connectivity index (χ3n) is 8.30. The zero-order valence-electron chi connectivity index (χ0n) is 19.9. The van der Waals surface area contributed by atoms with Gasteiger partial charge in [-0.05, 0) is 89.1 Å². The van der Waals surface area contributed by atoms with Crippen LogP contribution in [-0.4, -0.2) is 45.3 Å². The minimum absolute atomic E-state index is 0.682. The van der Waals surface area contributed by atoms with E-state index in [0.29, 0.717) is 30.1 Å². The van der Waals surface area contributed by atoms with Gasteiger partial charge in [0.05, 0.1) is 0 Å². The summed E-state index contributed by atoms with van der Waals surface area (Å²) in [6.07, 6.45) is 16.6. The van der Waals surface area contributed by atoms with Crippen LogP contribution in [0.2, 0.25) is 19.6 Å². The van der Waals surface area contributed by atoms with Gasteiger partial charge in [0.15, 0.2) is 0 Å². The van der Waals surface area contributed by atoms with Crippen molar-refractivity contribution in [1.29, 1.82) is 0 Å². The maximum atomic E-state index is 4.16. The SMILES string of the molecule is C[Si](C)(C)C#CC1CCC(C2CC(C3CCCCN3)NC(C3CCCCN3)C2)CC1. The molecule has 30 heavy (non-hydrogen) atoms. The molecule has 0 aromatic carbocycles. The van der Waals surface area contributed by atoms with Crippen LogP contribution in [0.5, 0.6) is 0 Å². The van der Waals surface area contributed by atoms with E-state index in [-0.39, 0.29) is 0 Å². The highest BCUT2D eigenvalue weighted by Gasteiger charge is 2.40. The first-order chi connectivity index (χ1) is 14.5. The van der Waals surface area contributed by atoms with Crippen LogP contribution in [0.1, 0.15) is 77.0 Å². The maximum absolute atomic E-state index is 4.16. The van der Waals surface area contributed by atoms with E-state index in [0.717, 1.165) is 11.8 Å². The Morgan fingerprint density at radius 1 is 0.633 bits per heavy atom. The Bertz CT molecular complexity index is 558. The molecule has 0 aromatic rings. The Kier molecular flexibility index (Phi) is 8.00. The van der Waals surface area contributed by atoms with Crippen LogP contribution < -0.4 is 16.0 Å². The zero-order chi connectivity index (χ0) is 21.0. The van der Waals surface area contributed by atoms with Crippen molar-refractivity contribution in [3.63, 3.8) is 0 Å². The monoisotopic (exact) mass is 429 g/mol. The van der Waals surface area contributed by atoms with Crippen LogP contribution in [-0.2, 0) is 0 Å². The van der Waals surface area contributed by atoms with Crippen LogP contribution in [0, 0.1) is 29.2 Å². The molecule has 4 aliphatic rings. The summed E-state index contributed by atoms with van der Waals surface area (Å²) in [5.41, 5.74) is 3.65. The van der Waals surface area contributed by atoms with E-state index in [9.17, 15) is 0 Å². The van der Waals surface area contributed by atoms with Crippen LogP contribution in [0.25, 0.3) is 0 Å². The molecule has 3 aliphatic heterocycles. The number of hydrogen-bond donors (Lipinski definition) is 3. The fourth-order valence-corrected chi connectivity index (χ4v) is 7.24. The lowest BCUT2D eigenvalue weighted by atomic mass is 9.68. The highest BCUT2D eigenvalue weighted by atomic mass is 28.3. The molecule has 3 heterocycles. The summed E-state index contributed by atoms with van der Waals surface area (Å²) in [5.74, 6) is 6.22. The van der Waals surface area contributed by atoms with Crippen molar-refractivity contribution in [3.05, 3.63) is 0 Å². The Morgan fingerprint density at radius 2 is 1.20 bits per heavy atom. The Balaban J connectivity index is 1.38. The van der Waals surface area contributed by atoms with Gasteiger partial charge in [-0.1, -0.05) is 32.5 Å². The molecule has 0 radical (unpaired) electrons. The topological polar surface area (TPSA) is 36.1 Å². The molecule has 4 rings (SSSR count). The molecule has 4 fully saturated rings. The molecule has 1 saturated carbocycles. The summed E-state index contributed by atoms with van der Waals surface area (Å²) >= 11 is 0. The Morgan fingerprint density at radius 3 is 1.67 bits per heavy atom. The minimum Gasteiger partial charge on any atom is -0.312 e. The van der Waals surface area contributed by atoms with Crippen molar-refractivity contribution in [2.75, 3.05) is 13.1 Å². The van der Waals surface area contributed by atoms with Crippen LogP contribution in [0.3, 0.4) is 0 Å². The van der Waals surface area contributed by atoms with E-state index in [1.54, 1.807) is 0 Å². The molecule has 0 bridgehead atoms. The Hall–Kier alpha value is -0.343. The molecule has 0 spiro atoms. The first kappa shape index (κ1) is 22.8. The van der Waals surface area contributed by atoms with Crippen LogP contribution in [0.4, 0.5) is 0 Å². The first-order valence-electron chi connectivity index (χ1n) is 13.2. The highest BCUT2D eigenvalue weighted by molar-refractivity contribution is 6.83. The molecule has 1 aliphatic carbocycles. The lowest BCUT2D eigenvalue weighted by Gasteiger charge is -2.47. The normalized spacial score (nSPS) is 41.0. The summed E-state index contributed by atoms with van der Waals surface area (Å²) in [6.45, 7) is 9.57. The molecule has 3 saturated heterocycles. The van der Waals surface area contributed by atoms with Gasteiger partial charge in [0.2, 0.25) is 0 Å². The van der Waals surface area contributed by atoms with Gasteiger partial charge in [0, 0.05) is 30.1 Å². The minimum atomic E-state index is -1.23. The number of rotatable bonds is 3. The van der Waals surface area contributed by atoms with Crippen molar-refractivity contribution in [1.82, 2.24) is 16.0 Å². The number of nitrogens with one attached hydrogen (secondary N) is 3. The van der Waals surface area contributed by atoms with Crippen molar-refractivity contribution in [2.24, 2.45) is 17.8 Å². The van der Waals surface area contributed by atoms with Gasteiger partial charge in [0.1, 0.15) is 8.07 Å². The van der Waals surface area contributed by atoms with E-state index in [2.05, 4.69) is 47.1 Å². The molecule has 0 amide bonds. The van der Waals surface area contributed by atoms with Gasteiger partial charge < -0.3 is 16.0 Å². The van der Waals surface area contributed by atoms with E-state index < -0.39 is 8.07 Å². The molecular weight excluding hydrogens is 382 g/mol. The summed E-state index contributed by atoms with van der Waals surface area (Å²) in [4.78, 5) is 0. The summed E-state index contributed by atoms with van der Waals surface area (Å²) in [7, 11) is -1.23. The van der Waals surface area contributed by atoms with Gasteiger partial charge in [-0.2, -0.15) is 0 Å². The zero-order valence-corrected chi connectivity index (χ0v) is 20.9. The standard InChI is InChI=1S/C26H47N3Si/c1-30(2,3)17-14-20-10-12-21(13-11-20)22-18-25(23-8-4-6-15-27-23)29-26(19-22)24-9-5-7-16-28-24/h20-29H,4-13,15-16,18-19H2,1-3H3. The molecule has 170 valence electrons. The van der Waals surface area contributed by atoms with Crippen molar-refractivity contribution >= 4 is 8.07 Å². The predicted octanol–water partition coefficient (Wildman–Crippen LogP) is 4.69. The lowest BCUT2D eigenvalue weighted by molar-refractivity contribution is 0.101. The van der Waals surface area contributed by atoms with Crippen molar-refractivity contribution < 1.29 is 0 Å². The second kappa shape index (κ2) is 10.5. The van der Waals surface area contributed by atoms with Crippen LogP contribution >= 0.6 is 0 Å². The van der Waals surface area contributed by atoms with Gasteiger partial charge >= 0.3 is 0 Å². The third kappa shape index (κ3) is 6.34. The second-order valence-corrected chi connectivity index (χ2v) is 16.6. The summed E-state index contributed by atoms with van der Waals surface area (Å²) < 4.78 is 0. The fourth-order valence-electron chi connectivity index (χ4n) is 6.60. The third-order valence-corrected chi connectivity index (χ3v) is 9.19. The quantitative estimate of drug-likeness (QED) is 0.450. The number of piperidine rings is 3. The molecule has 0 aromatic heterocycles. The second-order valence-electron chi connectivity index (χ2n) is 11.9. The Labute approximate surface area is 187 Å². The molecule has 4 heteroatoms. The lowest BCUT2D eigenvalue weighted by Crippen LogP contribution is -2.62. The van der Waals surface area contributed by atoms with Gasteiger partial charge in [-0.25, -0.2) is 0 Å². The average Bonchev–Trinajstić information content (AvgIpc) is 2.78. The fraction of sp³-hybridized carbons (Fsp3) is 0.923. The average molecular weight is 430 g/mol. The molecular formula is C26H47N3Si. The predicted molar refractivity (Wildman–Crippen MR) is 131 cm³/mol. The molecule has 3 nitrogen and oxygen atoms in total. The van der Waals surface area contributed by atoms with Crippen molar-refractivity contribution in [2.45, 2.75) is 121 Å². The first-order valence-corrected chi connectivity index (χ1v) is 16.7. The van der Waals surface area contributed by atoms with Crippen LogP contribution in [0.15, 0.2) is 0 Å². The van der Waals surface area contributed by atoms with Crippen molar-refractivity contribution in [3.8, 4) is 11.5 Å². The largest absolute Gasteiger partial charge is 0.312 e. The van der Waals surface area contributed by atoms with E-state index in [1.165, 1.54) is 90.1 Å².